The van der Waals surface area contributed by atoms with Crippen molar-refractivity contribution < 1.29 is 9.53 Å². The van der Waals surface area contributed by atoms with Crippen molar-refractivity contribution in [2.75, 3.05) is 27.2 Å². The number of rotatable bonds is 4. The molecule has 0 atom stereocenters. The van der Waals surface area contributed by atoms with Crippen LogP contribution in [0.4, 0.5) is 4.79 Å². The molecule has 1 aromatic carbocycles. The number of nitrogens with one attached hydrogen (secondary N) is 1. The van der Waals surface area contributed by atoms with Crippen LogP contribution < -0.4 is 10.1 Å². The molecular weight excluding hydrogens is 266 g/mol. The molecule has 0 bridgehead atoms. The molecule has 1 fully saturated rings. The lowest BCUT2D eigenvalue weighted by Crippen LogP contribution is -2.42. The number of carbonyl (C=O) groups excluding carboxylic acids is 1. The summed E-state index contributed by atoms with van der Waals surface area (Å²) in [7, 11) is 3.74. The van der Waals surface area contributed by atoms with Crippen molar-refractivity contribution in [3.63, 3.8) is 0 Å². The normalized spacial score (nSPS) is 17.0. The molecule has 2 rings (SSSR count). The van der Waals surface area contributed by atoms with Gasteiger partial charge in [0.25, 0.3) is 0 Å². The summed E-state index contributed by atoms with van der Waals surface area (Å²) < 4.78 is 5.10. The van der Waals surface area contributed by atoms with Crippen molar-refractivity contribution in [3.8, 4) is 5.75 Å². The molecule has 0 radical (unpaired) electrons. The van der Waals surface area contributed by atoms with Crippen LogP contribution in [0.3, 0.4) is 0 Å². The highest BCUT2D eigenvalue weighted by Crippen LogP contribution is 2.11. The first kappa shape index (κ1) is 15.5. The van der Waals surface area contributed by atoms with Crippen molar-refractivity contribution in [1.82, 2.24) is 10.2 Å². The van der Waals surface area contributed by atoms with E-state index in [2.05, 4.69) is 22.3 Å². The first-order valence-corrected chi connectivity index (χ1v) is 7.32. The Kier molecular flexibility index (Phi) is 5.75. The third-order valence-corrected chi connectivity index (χ3v) is 3.74. The maximum Gasteiger partial charge on any atom is 0.340 e. The molecule has 114 valence electrons. The van der Waals surface area contributed by atoms with Crippen molar-refractivity contribution in [1.29, 1.82) is 0 Å². The topological polar surface area (TPSA) is 53.9 Å². The molecule has 2 amide bonds. The molecule has 1 N–H and O–H groups in total. The first-order valence-electron chi connectivity index (χ1n) is 7.32. The number of aliphatic imine (C=N–C) groups is 1. The van der Waals surface area contributed by atoms with Crippen LogP contribution in [0.5, 0.6) is 5.75 Å². The second-order valence-electron chi connectivity index (χ2n) is 5.39. The number of carbonyl (C=O) groups is 1. The number of nitrogens with zero attached hydrogens (tertiary/aromatic N) is 2. The van der Waals surface area contributed by atoms with E-state index in [4.69, 9.17) is 4.74 Å². The maximum absolute atomic E-state index is 11.7. The van der Waals surface area contributed by atoms with Crippen LogP contribution in [0, 0.1) is 0 Å². The van der Waals surface area contributed by atoms with Gasteiger partial charge in [-0.15, -0.1) is 0 Å². The third-order valence-electron chi connectivity index (χ3n) is 3.74. The smallest absolute Gasteiger partial charge is 0.340 e. The van der Waals surface area contributed by atoms with Crippen LogP contribution in [0.15, 0.2) is 29.3 Å². The van der Waals surface area contributed by atoms with Gasteiger partial charge >= 0.3 is 6.03 Å². The molecule has 1 heterocycles. The molecule has 1 aliphatic heterocycles. The lowest BCUT2D eigenvalue weighted by atomic mass is 10.1. The van der Waals surface area contributed by atoms with Crippen molar-refractivity contribution in [2.24, 2.45) is 4.99 Å². The summed E-state index contributed by atoms with van der Waals surface area (Å²) in [4.78, 5) is 18.0. The Morgan fingerprint density at radius 3 is 2.67 bits per heavy atom. The van der Waals surface area contributed by atoms with Gasteiger partial charge in [0.15, 0.2) is 0 Å². The van der Waals surface area contributed by atoms with E-state index in [1.54, 1.807) is 13.3 Å². The van der Waals surface area contributed by atoms with Gasteiger partial charge in [0.2, 0.25) is 0 Å². The average Bonchev–Trinajstić information content (AvgIpc) is 2.50. The molecule has 0 saturated carbocycles. The summed E-state index contributed by atoms with van der Waals surface area (Å²) in [5, 5.41) is 2.96. The number of ether oxygens (including phenoxy) is 1. The molecule has 1 aliphatic rings. The van der Waals surface area contributed by atoms with Crippen LogP contribution in [-0.4, -0.2) is 50.4 Å². The molecule has 0 spiro atoms. The number of hydrogen-bond donors (Lipinski definition) is 1. The summed E-state index contributed by atoms with van der Waals surface area (Å²) in [6.07, 6.45) is 4.30. The largest absolute Gasteiger partial charge is 0.497 e. The summed E-state index contributed by atoms with van der Waals surface area (Å²) in [5.41, 5.74) is 1.10. The van der Waals surface area contributed by atoms with Crippen LogP contribution in [0.25, 0.3) is 0 Å². The van der Waals surface area contributed by atoms with Gasteiger partial charge in [-0.3, -0.25) is 0 Å². The zero-order valence-electron chi connectivity index (χ0n) is 12.7. The van der Waals surface area contributed by atoms with Crippen molar-refractivity contribution in [3.05, 3.63) is 29.8 Å². The Balaban J connectivity index is 1.74. The van der Waals surface area contributed by atoms with Gasteiger partial charge in [0, 0.05) is 18.7 Å². The first-order chi connectivity index (χ1) is 10.2. The van der Waals surface area contributed by atoms with E-state index in [0.717, 1.165) is 37.2 Å². The van der Waals surface area contributed by atoms with E-state index in [0.29, 0.717) is 6.42 Å². The molecule has 0 aromatic heterocycles. The van der Waals surface area contributed by atoms with E-state index in [1.807, 2.05) is 24.3 Å². The second kappa shape index (κ2) is 7.78. The highest BCUT2D eigenvalue weighted by atomic mass is 16.5. The highest BCUT2D eigenvalue weighted by molar-refractivity contribution is 5.84. The Labute approximate surface area is 126 Å². The number of urea groups is 1. The standard InChI is InChI=1S/C16H23N3O2/c1-19-11-8-14(9-12-19)18-16(20)17-10-7-13-3-5-15(21-2)6-4-13/h3-6,10,14H,7-9,11-12H2,1-2H3,(H,18,20)/b17-10+. The number of benzene rings is 1. The highest BCUT2D eigenvalue weighted by Gasteiger charge is 2.17. The minimum absolute atomic E-state index is 0.238. The van der Waals surface area contributed by atoms with Crippen LogP contribution in [0.2, 0.25) is 0 Å². The Hall–Kier alpha value is -1.88. The fraction of sp³-hybridized carbons (Fsp3) is 0.500. The summed E-state index contributed by atoms with van der Waals surface area (Å²) in [5.74, 6) is 0.829. The molecule has 1 saturated heterocycles. The van der Waals surface area contributed by atoms with E-state index in [-0.39, 0.29) is 12.1 Å². The molecule has 1 aromatic rings. The lowest BCUT2D eigenvalue weighted by Gasteiger charge is -2.28. The van der Waals surface area contributed by atoms with Gasteiger partial charge < -0.3 is 15.0 Å². The lowest BCUT2D eigenvalue weighted by molar-refractivity contribution is 0.219. The Morgan fingerprint density at radius 2 is 2.05 bits per heavy atom. The quantitative estimate of drug-likeness (QED) is 0.864. The zero-order valence-corrected chi connectivity index (χ0v) is 12.7. The molecule has 5 nitrogen and oxygen atoms in total. The van der Waals surface area contributed by atoms with Crippen LogP contribution in [0.1, 0.15) is 18.4 Å². The zero-order chi connectivity index (χ0) is 15.1. The number of hydrogen-bond acceptors (Lipinski definition) is 3. The summed E-state index contributed by atoms with van der Waals surface area (Å²) in [6, 6.07) is 7.77. The second-order valence-corrected chi connectivity index (χ2v) is 5.39. The predicted molar refractivity (Wildman–Crippen MR) is 84.2 cm³/mol. The average molecular weight is 289 g/mol. The minimum Gasteiger partial charge on any atom is -0.497 e. The molecule has 5 heteroatoms. The van der Waals surface area contributed by atoms with Crippen molar-refractivity contribution in [2.45, 2.75) is 25.3 Å². The van der Waals surface area contributed by atoms with Gasteiger partial charge in [0.1, 0.15) is 5.75 Å². The summed E-state index contributed by atoms with van der Waals surface area (Å²) in [6.45, 7) is 2.06. The molecule has 0 unspecified atom stereocenters. The molecular formula is C16H23N3O2. The van der Waals surface area contributed by atoms with Gasteiger partial charge in [-0.25, -0.2) is 9.79 Å². The van der Waals surface area contributed by atoms with E-state index < -0.39 is 0 Å². The molecule has 21 heavy (non-hydrogen) atoms. The minimum atomic E-state index is -0.238. The SMILES string of the molecule is COc1ccc(C/C=N/C(=O)NC2CCN(C)CC2)cc1. The van der Waals surface area contributed by atoms with E-state index in [1.165, 1.54) is 0 Å². The fourth-order valence-corrected chi connectivity index (χ4v) is 2.36. The van der Waals surface area contributed by atoms with E-state index in [9.17, 15) is 4.79 Å². The third kappa shape index (κ3) is 5.19. The number of amides is 2. The predicted octanol–water partition coefficient (Wildman–Crippen LogP) is 2.11. The summed E-state index contributed by atoms with van der Waals surface area (Å²) >= 11 is 0. The van der Waals surface area contributed by atoms with Crippen LogP contribution >= 0.6 is 0 Å². The van der Waals surface area contributed by atoms with Crippen molar-refractivity contribution >= 4 is 12.2 Å². The number of methoxy groups -OCH3 is 1. The number of likely N-dealkylation sites (tertiary alicyclic amines) is 1. The van der Waals surface area contributed by atoms with Gasteiger partial charge in [-0.05, 0) is 50.7 Å². The van der Waals surface area contributed by atoms with E-state index >= 15 is 0 Å². The Morgan fingerprint density at radius 1 is 1.38 bits per heavy atom. The monoisotopic (exact) mass is 289 g/mol. The number of piperidine rings is 1. The molecule has 0 aliphatic carbocycles. The van der Waals surface area contributed by atoms with Crippen LogP contribution in [-0.2, 0) is 6.42 Å². The Bertz CT molecular complexity index is 477. The maximum atomic E-state index is 11.7. The van der Waals surface area contributed by atoms with Gasteiger partial charge in [-0.1, -0.05) is 12.1 Å². The van der Waals surface area contributed by atoms with Gasteiger partial charge in [-0.2, -0.15) is 0 Å². The van der Waals surface area contributed by atoms with Gasteiger partial charge in [0.05, 0.1) is 7.11 Å². The fourth-order valence-electron chi connectivity index (χ4n) is 2.36.